The summed E-state index contributed by atoms with van der Waals surface area (Å²) in [6.45, 7) is 4.83. The van der Waals surface area contributed by atoms with Crippen LogP contribution in [0.2, 0.25) is 10.2 Å². The van der Waals surface area contributed by atoms with Crippen molar-refractivity contribution in [3.63, 3.8) is 0 Å². The molecule has 2 aliphatic rings. The van der Waals surface area contributed by atoms with E-state index in [1.807, 2.05) is 31.2 Å². The van der Waals surface area contributed by atoms with Crippen LogP contribution in [0.25, 0.3) is 5.69 Å². The van der Waals surface area contributed by atoms with Gasteiger partial charge in [-0.1, -0.05) is 41.8 Å². The Balaban J connectivity index is 1.54. The number of anilines is 1. The Hall–Kier alpha value is -2.39. The SMILES string of the molecule is Cc1nn(-c2ccccc2Cl)c(Cl)c1C=Nc1cc(S(=O)(=O)N2CCCCC2)ccc1N1CCCCC1. The van der Waals surface area contributed by atoms with Gasteiger partial charge < -0.3 is 4.90 Å². The van der Waals surface area contributed by atoms with E-state index >= 15 is 0 Å². The van der Waals surface area contributed by atoms with Crippen LogP contribution in [0.5, 0.6) is 0 Å². The second kappa shape index (κ2) is 11.2. The van der Waals surface area contributed by atoms with Gasteiger partial charge in [-0.25, -0.2) is 13.1 Å². The number of nitrogens with zero attached hydrogens (tertiary/aromatic N) is 5. The lowest BCUT2D eigenvalue weighted by atomic mass is 10.1. The van der Waals surface area contributed by atoms with Crippen LogP contribution >= 0.6 is 23.2 Å². The largest absolute Gasteiger partial charge is 0.370 e. The van der Waals surface area contributed by atoms with Gasteiger partial charge >= 0.3 is 0 Å². The summed E-state index contributed by atoms with van der Waals surface area (Å²) in [7, 11) is -3.58. The Morgan fingerprint density at radius 1 is 0.892 bits per heavy atom. The number of hydrogen-bond acceptors (Lipinski definition) is 5. The van der Waals surface area contributed by atoms with Crippen LogP contribution in [0.3, 0.4) is 0 Å². The molecule has 2 fully saturated rings. The van der Waals surface area contributed by atoms with Gasteiger partial charge in [0.25, 0.3) is 0 Å². The predicted octanol–water partition coefficient (Wildman–Crippen LogP) is 6.40. The van der Waals surface area contributed by atoms with Gasteiger partial charge in [-0.2, -0.15) is 9.40 Å². The van der Waals surface area contributed by atoms with E-state index in [9.17, 15) is 8.42 Å². The van der Waals surface area contributed by atoms with Crippen molar-refractivity contribution in [1.29, 1.82) is 0 Å². The molecule has 37 heavy (non-hydrogen) atoms. The summed E-state index contributed by atoms with van der Waals surface area (Å²) in [6.07, 6.45) is 7.94. The number of piperidine rings is 2. The third-order valence-corrected chi connectivity index (χ3v) is 9.64. The molecule has 2 aromatic carbocycles. The topological polar surface area (TPSA) is 70.8 Å². The van der Waals surface area contributed by atoms with E-state index in [0.29, 0.717) is 45.9 Å². The number of benzene rings is 2. The summed E-state index contributed by atoms with van der Waals surface area (Å²) in [5.41, 5.74) is 3.59. The monoisotopic (exact) mass is 559 g/mol. The number of halogens is 2. The number of aliphatic imine (C=N–C) groups is 1. The van der Waals surface area contributed by atoms with E-state index < -0.39 is 10.0 Å². The summed E-state index contributed by atoms with van der Waals surface area (Å²) in [4.78, 5) is 7.36. The average Bonchev–Trinajstić information content (AvgIpc) is 3.21. The van der Waals surface area contributed by atoms with E-state index in [1.54, 1.807) is 33.4 Å². The van der Waals surface area contributed by atoms with Crippen molar-refractivity contribution in [2.45, 2.75) is 50.3 Å². The lowest BCUT2D eigenvalue weighted by Gasteiger charge is -2.30. The molecule has 0 spiro atoms. The zero-order chi connectivity index (χ0) is 26.0. The van der Waals surface area contributed by atoms with Crippen LogP contribution in [-0.2, 0) is 10.0 Å². The third-order valence-electron chi connectivity index (χ3n) is 7.06. The summed E-state index contributed by atoms with van der Waals surface area (Å²) < 4.78 is 30.0. The molecule has 0 aliphatic carbocycles. The van der Waals surface area contributed by atoms with Crippen LogP contribution < -0.4 is 4.90 Å². The van der Waals surface area contributed by atoms with Crippen molar-refractivity contribution in [1.82, 2.24) is 14.1 Å². The number of hydrogen-bond donors (Lipinski definition) is 0. The minimum Gasteiger partial charge on any atom is -0.370 e. The average molecular weight is 561 g/mol. The molecular formula is C27H31Cl2N5O2S. The zero-order valence-corrected chi connectivity index (χ0v) is 23.2. The Labute approximate surface area is 228 Å². The quantitative estimate of drug-likeness (QED) is 0.327. The van der Waals surface area contributed by atoms with Crippen molar-refractivity contribution in [3.05, 3.63) is 63.9 Å². The van der Waals surface area contributed by atoms with Gasteiger partial charge in [-0.15, -0.1) is 0 Å². The molecule has 3 aromatic rings. The van der Waals surface area contributed by atoms with Crippen molar-refractivity contribution in [2.24, 2.45) is 4.99 Å². The van der Waals surface area contributed by atoms with Crippen LogP contribution in [-0.4, -0.2) is 54.9 Å². The highest BCUT2D eigenvalue weighted by Crippen LogP contribution is 2.35. The van der Waals surface area contributed by atoms with Crippen molar-refractivity contribution < 1.29 is 8.42 Å². The molecule has 10 heteroatoms. The van der Waals surface area contributed by atoms with Gasteiger partial charge in [0.15, 0.2) is 0 Å². The molecule has 1 aromatic heterocycles. The number of aromatic nitrogens is 2. The molecule has 0 N–H and O–H groups in total. The predicted molar refractivity (Wildman–Crippen MR) is 151 cm³/mol. The third kappa shape index (κ3) is 5.43. The fourth-order valence-corrected chi connectivity index (χ4v) is 7.07. The maximum Gasteiger partial charge on any atom is 0.243 e. The fraction of sp³-hybridized carbons (Fsp3) is 0.407. The van der Waals surface area contributed by atoms with Crippen molar-refractivity contribution in [3.8, 4) is 5.69 Å². The first kappa shape index (κ1) is 26.2. The van der Waals surface area contributed by atoms with Gasteiger partial charge in [0.2, 0.25) is 10.0 Å². The molecule has 0 radical (unpaired) electrons. The lowest BCUT2D eigenvalue weighted by Crippen LogP contribution is -2.35. The smallest absolute Gasteiger partial charge is 0.243 e. The van der Waals surface area contributed by atoms with E-state index in [2.05, 4.69) is 10.00 Å². The van der Waals surface area contributed by atoms with Gasteiger partial charge in [0, 0.05) is 32.4 Å². The van der Waals surface area contributed by atoms with E-state index in [1.165, 1.54) is 6.42 Å². The summed E-state index contributed by atoms with van der Waals surface area (Å²) in [6, 6.07) is 12.7. The molecular weight excluding hydrogens is 529 g/mol. The van der Waals surface area contributed by atoms with Gasteiger partial charge in [0.1, 0.15) is 5.15 Å². The van der Waals surface area contributed by atoms with Crippen LogP contribution in [0.1, 0.15) is 49.8 Å². The first-order valence-corrected chi connectivity index (χ1v) is 15.0. The van der Waals surface area contributed by atoms with Gasteiger partial charge in [-0.3, -0.25) is 4.99 Å². The number of sulfonamides is 1. The minimum absolute atomic E-state index is 0.275. The molecule has 0 bridgehead atoms. The Morgan fingerprint density at radius 2 is 1.57 bits per heavy atom. The highest BCUT2D eigenvalue weighted by Gasteiger charge is 2.27. The Kier molecular flexibility index (Phi) is 7.91. The molecule has 0 atom stereocenters. The summed E-state index contributed by atoms with van der Waals surface area (Å²) >= 11 is 13.1. The molecule has 5 rings (SSSR count). The highest BCUT2D eigenvalue weighted by atomic mass is 35.5. The Morgan fingerprint density at radius 3 is 2.27 bits per heavy atom. The fourth-order valence-electron chi connectivity index (χ4n) is 5.00. The number of rotatable bonds is 6. The normalized spacial score (nSPS) is 17.5. The van der Waals surface area contributed by atoms with Gasteiger partial charge in [0.05, 0.1) is 38.2 Å². The maximum absolute atomic E-state index is 13.4. The molecule has 0 saturated carbocycles. The van der Waals surface area contributed by atoms with E-state index in [-0.39, 0.29) is 4.90 Å². The molecule has 3 heterocycles. The first-order chi connectivity index (χ1) is 17.9. The minimum atomic E-state index is -3.58. The standard InChI is InChI=1S/C27H31Cl2N5O2S/c1-20-22(27(29)34(31-20)25-11-5-4-10-23(25)28)19-30-24-18-21(37(35,36)33-16-8-3-9-17-33)12-13-26(24)32-14-6-2-7-15-32/h4-5,10-13,18-19H,2-3,6-9,14-17H2,1H3. The summed E-state index contributed by atoms with van der Waals surface area (Å²) in [5.74, 6) is 0. The van der Waals surface area contributed by atoms with Crippen LogP contribution in [0.15, 0.2) is 52.4 Å². The molecule has 7 nitrogen and oxygen atoms in total. The van der Waals surface area contributed by atoms with Crippen molar-refractivity contribution in [2.75, 3.05) is 31.1 Å². The molecule has 2 aliphatic heterocycles. The molecule has 196 valence electrons. The molecule has 0 unspecified atom stereocenters. The second-order valence-electron chi connectivity index (χ2n) is 9.57. The summed E-state index contributed by atoms with van der Waals surface area (Å²) in [5, 5.41) is 5.51. The van der Waals surface area contributed by atoms with Crippen LogP contribution in [0, 0.1) is 6.92 Å². The van der Waals surface area contributed by atoms with Crippen LogP contribution in [0.4, 0.5) is 11.4 Å². The van der Waals surface area contributed by atoms with E-state index in [4.69, 9.17) is 28.2 Å². The maximum atomic E-state index is 13.4. The first-order valence-electron chi connectivity index (χ1n) is 12.8. The number of para-hydroxylation sites is 1. The lowest BCUT2D eigenvalue weighted by molar-refractivity contribution is 0.346. The highest BCUT2D eigenvalue weighted by molar-refractivity contribution is 7.89. The molecule has 2 saturated heterocycles. The second-order valence-corrected chi connectivity index (χ2v) is 12.3. The molecule has 0 amide bonds. The van der Waals surface area contributed by atoms with E-state index in [0.717, 1.165) is 50.9 Å². The van der Waals surface area contributed by atoms with Crippen molar-refractivity contribution >= 4 is 50.8 Å². The van der Waals surface area contributed by atoms with Gasteiger partial charge in [-0.05, 0) is 69.4 Å². The Bertz CT molecular complexity index is 1410. The number of aryl methyl sites for hydroxylation is 1. The zero-order valence-electron chi connectivity index (χ0n) is 20.9.